The van der Waals surface area contributed by atoms with Gasteiger partial charge in [0, 0.05) is 13.2 Å². The first-order chi connectivity index (χ1) is 7.29. The number of nitrogens with zero attached hydrogens (tertiary/aromatic N) is 4. The van der Waals surface area contributed by atoms with Gasteiger partial charge in [-0.3, -0.25) is 9.78 Å². The second-order valence-corrected chi connectivity index (χ2v) is 3.44. The van der Waals surface area contributed by atoms with Gasteiger partial charge in [-0.25, -0.2) is 4.98 Å². The molecule has 0 amide bonds. The molecule has 0 saturated heterocycles. The first-order valence-corrected chi connectivity index (χ1v) is 4.79. The van der Waals surface area contributed by atoms with E-state index >= 15 is 0 Å². The Morgan fingerprint density at radius 2 is 2.47 bits per heavy atom. The molecule has 2 aromatic heterocycles. The standard InChI is InChI=1S/C9H14N6/c1-10-8(9-11-6-12-14-9)3-7-4-13-15(2)5-7/h4-6,8,10H,3H2,1-2H3,(H,11,12,14). The van der Waals surface area contributed by atoms with Gasteiger partial charge in [-0.15, -0.1) is 0 Å². The molecule has 2 heterocycles. The lowest BCUT2D eigenvalue weighted by molar-refractivity contribution is 0.559. The number of hydrogen-bond donors (Lipinski definition) is 2. The molecule has 0 saturated carbocycles. The molecule has 2 N–H and O–H groups in total. The molecule has 2 rings (SSSR count). The van der Waals surface area contributed by atoms with Crippen molar-refractivity contribution in [3.8, 4) is 0 Å². The van der Waals surface area contributed by atoms with Crippen LogP contribution in [0.3, 0.4) is 0 Å². The van der Waals surface area contributed by atoms with Crippen molar-refractivity contribution in [1.29, 1.82) is 0 Å². The summed E-state index contributed by atoms with van der Waals surface area (Å²) in [6.45, 7) is 0. The average Bonchev–Trinajstić information content (AvgIpc) is 2.85. The van der Waals surface area contributed by atoms with Crippen molar-refractivity contribution in [2.75, 3.05) is 7.05 Å². The molecule has 1 atom stereocenters. The highest BCUT2D eigenvalue weighted by molar-refractivity contribution is 5.08. The topological polar surface area (TPSA) is 71.4 Å². The molecule has 0 aliphatic carbocycles. The minimum Gasteiger partial charge on any atom is -0.310 e. The zero-order valence-corrected chi connectivity index (χ0v) is 8.81. The summed E-state index contributed by atoms with van der Waals surface area (Å²) in [6.07, 6.45) is 6.23. The van der Waals surface area contributed by atoms with Gasteiger partial charge in [0.25, 0.3) is 0 Å². The van der Waals surface area contributed by atoms with Gasteiger partial charge in [-0.1, -0.05) is 0 Å². The van der Waals surface area contributed by atoms with Gasteiger partial charge < -0.3 is 5.32 Å². The van der Waals surface area contributed by atoms with E-state index in [-0.39, 0.29) is 6.04 Å². The van der Waals surface area contributed by atoms with Crippen LogP contribution in [0.15, 0.2) is 18.7 Å². The van der Waals surface area contributed by atoms with Gasteiger partial charge in [-0.2, -0.15) is 10.2 Å². The normalized spacial score (nSPS) is 12.9. The van der Waals surface area contributed by atoms with Crippen LogP contribution in [-0.4, -0.2) is 32.0 Å². The number of aromatic nitrogens is 5. The summed E-state index contributed by atoms with van der Waals surface area (Å²) >= 11 is 0. The van der Waals surface area contributed by atoms with Gasteiger partial charge in [0.15, 0.2) is 0 Å². The van der Waals surface area contributed by atoms with Crippen LogP contribution in [0.1, 0.15) is 17.4 Å². The molecule has 0 radical (unpaired) electrons. The van der Waals surface area contributed by atoms with Gasteiger partial charge in [0.2, 0.25) is 0 Å². The molecule has 0 aliphatic heterocycles. The maximum atomic E-state index is 4.13. The fourth-order valence-corrected chi connectivity index (χ4v) is 1.53. The highest BCUT2D eigenvalue weighted by atomic mass is 15.2. The van der Waals surface area contributed by atoms with Gasteiger partial charge in [-0.05, 0) is 19.0 Å². The minimum absolute atomic E-state index is 0.150. The third-order valence-electron chi connectivity index (χ3n) is 2.31. The summed E-state index contributed by atoms with van der Waals surface area (Å²) in [4.78, 5) is 4.13. The largest absolute Gasteiger partial charge is 0.310 e. The monoisotopic (exact) mass is 206 g/mol. The molecule has 1 unspecified atom stereocenters. The number of nitrogens with one attached hydrogen (secondary N) is 2. The van der Waals surface area contributed by atoms with Gasteiger partial charge in [0.05, 0.1) is 12.2 Å². The Balaban J connectivity index is 2.09. The number of aryl methyl sites for hydroxylation is 1. The molecule has 80 valence electrons. The minimum atomic E-state index is 0.150. The van der Waals surface area contributed by atoms with E-state index in [0.717, 1.165) is 12.2 Å². The highest BCUT2D eigenvalue weighted by Crippen LogP contribution is 2.12. The number of hydrogen-bond acceptors (Lipinski definition) is 4. The maximum Gasteiger partial charge on any atom is 0.141 e. The van der Waals surface area contributed by atoms with Crippen LogP contribution in [0.25, 0.3) is 0 Å². The summed E-state index contributed by atoms with van der Waals surface area (Å²) in [7, 11) is 3.82. The Morgan fingerprint density at radius 3 is 3.00 bits per heavy atom. The van der Waals surface area contributed by atoms with E-state index < -0.39 is 0 Å². The molecule has 6 nitrogen and oxygen atoms in total. The Bertz CT molecular complexity index is 404. The van der Waals surface area contributed by atoms with Crippen molar-refractivity contribution < 1.29 is 0 Å². The Morgan fingerprint density at radius 1 is 1.60 bits per heavy atom. The smallest absolute Gasteiger partial charge is 0.141 e. The summed E-state index contributed by atoms with van der Waals surface area (Å²) < 4.78 is 1.79. The van der Waals surface area contributed by atoms with Gasteiger partial charge >= 0.3 is 0 Å². The van der Waals surface area contributed by atoms with E-state index in [1.807, 2.05) is 26.5 Å². The fourth-order valence-electron chi connectivity index (χ4n) is 1.53. The van der Waals surface area contributed by atoms with Crippen molar-refractivity contribution in [2.45, 2.75) is 12.5 Å². The number of H-pyrrole nitrogens is 1. The zero-order valence-electron chi connectivity index (χ0n) is 8.81. The zero-order chi connectivity index (χ0) is 10.7. The first-order valence-electron chi connectivity index (χ1n) is 4.79. The summed E-state index contributed by atoms with van der Waals surface area (Å²) in [5.41, 5.74) is 1.17. The van der Waals surface area contributed by atoms with Crippen LogP contribution in [0.5, 0.6) is 0 Å². The van der Waals surface area contributed by atoms with Crippen LogP contribution < -0.4 is 5.32 Å². The summed E-state index contributed by atoms with van der Waals surface area (Å²) in [5.74, 6) is 0.848. The predicted molar refractivity (Wildman–Crippen MR) is 55.1 cm³/mol. The Labute approximate surface area is 87.7 Å². The quantitative estimate of drug-likeness (QED) is 0.741. The van der Waals surface area contributed by atoms with Crippen LogP contribution in [0.4, 0.5) is 0 Å². The highest BCUT2D eigenvalue weighted by Gasteiger charge is 2.13. The fraction of sp³-hybridized carbons (Fsp3) is 0.444. The van der Waals surface area contributed by atoms with E-state index in [9.17, 15) is 0 Å². The van der Waals surface area contributed by atoms with E-state index in [0.29, 0.717) is 0 Å². The van der Waals surface area contributed by atoms with Crippen molar-refractivity contribution in [1.82, 2.24) is 30.3 Å². The number of aromatic amines is 1. The average molecular weight is 206 g/mol. The van der Waals surface area contributed by atoms with E-state index in [1.54, 1.807) is 4.68 Å². The molecule has 0 bridgehead atoms. The maximum absolute atomic E-state index is 4.13. The molecule has 6 heteroatoms. The lowest BCUT2D eigenvalue weighted by Gasteiger charge is -2.11. The number of rotatable bonds is 4. The molecule has 2 aromatic rings. The van der Waals surface area contributed by atoms with Gasteiger partial charge in [0.1, 0.15) is 12.2 Å². The lowest BCUT2D eigenvalue weighted by atomic mass is 10.1. The molecule has 15 heavy (non-hydrogen) atoms. The third-order valence-corrected chi connectivity index (χ3v) is 2.31. The second kappa shape index (κ2) is 4.22. The van der Waals surface area contributed by atoms with E-state index in [1.165, 1.54) is 11.9 Å². The SMILES string of the molecule is CNC(Cc1cnn(C)c1)c1ncn[nH]1. The predicted octanol–water partition coefficient (Wildman–Crippen LogP) is 0.0414. The van der Waals surface area contributed by atoms with Crippen molar-refractivity contribution >= 4 is 0 Å². The van der Waals surface area contributed by atoms with Crippen molar-refractivity contribution in [3.05, 3.63) is 30.1 Å². The summed E-state index contributed by atoms with van der Waals surface area (Å²) in [6, 6.07) is 0.150. The van der Waals surface area contributed by atoms with Crippen LogP contribution in [0, 0.1) is 0 Å². The molecule has 0 aliphatic rings. The van der Waals surface area contributed by atoms with Crippen molar-refractivity contribution in [3.63, 3.8) is 0 Å². The van der Waals surface area contributed by atoms with E-state index in [4.69, 9.17) is 0 Å². The second-order valence-electron chi connectivity index (χ2n) is 3.44. The summed E-state index contributed by atoms with van der Waals surface area (Å²) in [5, 5.41) is 14.0. The molecule has 0 aromatic carbocycles. The first kappa shape index (κ1) is 9.85. The molecule has 0 spiro atoms. The van der Waals surface area contributed by atoms with Crippen LogP contribution in [-0.2, 0) is 13.5 Å². The number of likely N-dealkylation sites (N-methyl/N-ethyl adjacent to an activating group) is 1. The molecular weight excluding hydrogens is 192 g/mol. The van der Waals surface area contributed by atoms with Crippen LogP contribution >= 0.6 is 0 Å². The van der Waals surface area contributed by atoms with Crippen LogP contribution in [0.2, 0.25) is 0 Å². The van der Waals surface area contributed by atoms with Crippen molar-refractivity contribution in [2.24, 2.45) is 7.05 Å². The molecular formula is C9H14N6. The third kappa shape index (κ3) is 2.21. The Hall–Kier alpha value is -1.69. The molecule has 0 fully saturated rings. The van der Waals surface area contributed by atoms with E-state index in [2.05, 4.69) is 25.6 Å². The Kier molecular flexibility index (Phi) is 2.77. The lowest BCUT2D eigenvalue weighted by Crippen LogP contribution is -2.20.